The number of hydrogen-bond acceptors (Lipinski definition) is 6. The van der Waals surface area contributed by atoms with Crippen LogP contribution in [-0.4, -0.2) is 70.8 Å². The smallest absolute Gasteiger partial charge is 0.268 e. The van der Waals surface area contributed by atoms with Gasteiger partial charge in [-0.05, 0) is 19.8 Å². The molecule has 0 bridgehead atoms. The molecule has 0 saturated carbocycles. The molecular weight excluding hydrogens is 681 g/mol. The summed E-state index contributed by atoms with van der Waals surface area (Å²) in [6.45, 7) is 8.43. The van der Waals surface area contributed by atoms with Gasteiger partial charge in [0.15, 0.2) is 0 Å². The number of quaternary nitrogens is 1. The average Bonchev–Trinajstić information content (AvgIpc) is 3.09. The monoisotopic (exact) mass is 776 g/mol. The largest absolute Gasteiger partial charge is 0.756 e. The van der Waals surface area contributed by atoms with E-state index in [2.05, 4.69) is 13.8 Å². The number of phosphoric acid groups is 1. The predicted molar refractivity (Wildman–Crippen MR) is 227 cm³/mol. The molecule has 0 rings (SSSR count). The summed E-state index contributed by atoms with van der Waals surface area (Å²) in [6.07, 6.45) is 42.0. The molecule has 8 heteroatoms. The standard InChI is InChI=1S/C45H94NO6P/c1-7-9-11-13-15-17-19-21-23-25-27-29-31-33-35-37-39-49-42-45(43-51-53(47,48)52-44(3)41-46(4,5)6)50-40-38-36-34-32-30-28-26-24-22-20-18-16-14-12-10-8-2/h44-45H,7-43H2,1-6H3/t44?,45-/m1/s1. The van der Waals surface area contributed by atoms with Crippen molar-refractivity contribution >= 4 is 7.82 Å². The number of unbranched alkanes of at least 4 members (excludes halogenated alkanes) is 30. The summed E-state index contributed by atoms with van der Waals surface area (Å²) in [5.74, 6) is 0. The second-order valence-corrected chi connectivity index (χ2v) is 18.7. The molecule has 320 valence electrons. The van der Waals surface area contributed by atoms with Crippen LogP contribution in [0.4, 0.5) is 0 Å². The van der Waals surface area contributed by atoms with Gasteiger partial charge >= 0.3 is 0 Å². The Bertz CT molecular complexity index is 779. The molecule has 0 aliphatic carbocycles. The molecule has 0 N–H and O–H groups in total. The highest BCUT2D eigenvalue weighted by molar-refractivity contribution is 7.45. The molecule has 0 amide bonds. The van der Waals surface area contributed by atoms with Crippen LogP contribution in [-0.2, 0) is 23.1 Å². The molecule has 0 aromatic heterocycles. The van der Waals surface area contributed by atoms with Crippen LogP contribution < -0.4 is 4.89 Å². The Labute approximate surface area is 332 Å². The number of nitrogens with zero attached hydrogens (tertiary/aromatic N) is 1. The van der Waals surface area contributed by atoms with E-state index in [9.17, 15) is 9.46 Å². The van der Waals surface area contributed by atoms with Crippen molar-refractivity contribution in [3.05, 3.63) is 0 Å². The third-order valence-corrected chi connectivity index (χ3v) is 11.4. The van der Waals surface area contributed by atoms with E-state index in [4.69, 9.17) is 18.5 Å². The minimum atomic E-state index is -4.44. The highest BCUT2D eigenvalue weighted by Gasteiger charge is 2.22. The number of phosphoric ester groups is 1. The van der Waals surface area contributed by atoms with Gasteiger partial charge in [-0.15, -0.1) is 0 Å². The maximum absolute atomic E-state index is 12.6. The van der Waals surface area contributed by atoms with Crippen LogP contribution in [0.3, 0.4) is 0 Å². The Kier molecular flexibility index (Phi) is 38.8. The van der Waals surface area contributed by atoms with Crippen molar-refractivity contribution in [1.29, 1.82) is 0 Å². The first-order valence-corrected chi connectivity index (χ1v) is 24.7. The van der Waals surface area contributed by atoms with Crippen molar-refractivity contribution in [1.82, 2.24) is 0 Å². The Balaban J connectivity index is 4.12. The van der Waals surface area contributed by atoms with E-state index in [-0.39, 0.29) is 6.61 Å². The maximum Gasteiger partial charge on any atom is 0.268 e. The van der Waals surface area contributed by atoms with Crippen molar-refractivity contribution in [2.75, 3.05) is 54.1 Å². The Morgan fingerprint density at radius 1 is 0.491 bits per heavy atom. The van der Waals surface area contributed by atoms with E-state index >= 15 is 0 Å². The van der Waals surface area contributed by atoms with Crippen LogP contribution in [0.1, 0.15) is 226 Å². The fraction of sp³-hybridized carbons (Fsp3) is 1.00. The molecular formula is C45H94NO6P. The fourth-order valence-corrected chi connectivity index (χ4v) is 8.16. The lowest BCUT2D eigenvalue weighted by Gasteiger charge is -2.32. The van der Waals surface area contributed by atoms with E-state index in [1.165, 1.54) is 186 Å². The molecule has 0 saturated heterocycles. The summed E-state index contributed by atoms with van der Waals surface area (Å²) in [5.41, 5.74) is 0. The minimum Gasteiger partial charge on any atom is -0.756 e. The van der Waals surface area contributed by atoms with Gasteiger partial charge < -0.3 is 27.9 Å². The van der Waals surface area contributed by atoms with Gasteiger partial charge in [0.2, 0.25) is 0 Å². The molecule has 0 aliphatic rings. The lowest BCUT2D eigenvalue weighted by Crippen LogP contribution is -2.41. The molecule has 0 spiro atoms. The van der Waals surface area contributed by atoms with Gasteiger partial charge in [-0.25, -0.2) is 0 Å². The zero-order chi connectivity index (χ0) is 39.1. The molecule has 3 atom stereocenters. The third-order valence-electron chi connectivity index (χ3n) is 10.3. The molecule has 53 heavy (non-hydrogen) atoms. The molecule has 7 nitrogen and oxygen atoms in total. The van der Waals surface area contributed by atoms with Crippen molar-refractivity contribution in [3.8, 4) is 0 Å². The molecule has 0 heterocycles. The summed E-state index contributed by atoms with van der Waals surface area (Å²) >= 11 is 0. The van der Waals surface area contributed by atoms with E-state index in [0.29, 0.717) is 30.8 Å². The first-order valence-electron chi connectivity index (χ1n) is 23.2. The van der Waals surface area contributed by atoms with E-state index in [0.717, 1.165) is 19.3 Å². The van der Waals surface area contributed by atoms with Gasteiger partial charge in [-0.1, -0.05) is 206 Å². The molecule has 0 fully saturated rings. The summed E-state index contributed by atoms with van der Waals surface area (Å²) in [5, 5.41) is 0. The third kappa shape index (κ3) is 43.0. The second-order valence-electron chi connectivity index (χ2n) is 17.3. The SMILES string of the molecule is CCCCCCCCCCCCCCCCCCOC[C@H](COP(=O)([O-])OC(C)C[N+](C)(C)C)OCCCCCCCCCCCCCCCCCC. The quantitative estimate of drug-likeness (QED) is 0.0348. The van der Waals surface area contributed by atoms with Crippen LogP contribution in [0.5, 0.6) is 0 Å². The van der Waals surface area contributed by atoms with Crippen molar-refractivity contribution in [3.63, 3.8) is 0 Å². The highest BCUT2D eigenvalue weighted by Crippen LogP contribution is 2.40. The lowest BCUT2D eigenvalue weighted by atomic mass is 10.0. The first-order chi connectivity index (χ1) is 25.6. The van der Waals surface area contributed by atoms with Crippen molar-refractivity contribution in [2.45, 2.75) is 238 Å². The number of ether oxygens (including phenoxy) is 2. The maximum atomic E-state index is 12.6. The summed E-state index contributed by atoms with van der Waals surface area (Å²) in [7, 11) is 1.59. The highest BCUT2D eigenvalue weighted by atomic mass is 31.2. The lowest BCUT2D eigenvalue weighted by molar-refractivity contribution is -0.873. The molecule has 2 unspecified atom stereocenters. The van der Waals surface area contributed by atoms with E-state index in [1.54, 1.807) is 6.92 Å². The second kappa shape index (κ2) is 38.8. The molecule has 0 aromatic carbocycles. The number of rotatable bonds is 44. The average molecular weight is 776 g/mol. The first kappa shape index (κ1) is 53.0. The zero-order valence-corrected chi connectivity index (χ0v) is 37.6. The number of hydrogen-bond donors (Lipinski definition) is 0. The van der Waals surface area contributed by atoms with Crippen LogP contribution in [0, 0.1) is 0 Å². The van der Waals surface area contributed by atoms with Crippen LogP contribution in [0.15, 0.2) is 0 Å². The Hall–Kier alpha value is -0.0100. The molecule has 0 aliphatic heterocycles. The normalized spacial score (nSPS) is 14.5. The van der Waals surface area contributed by atoms with Crippen LogP contribution >= 0.6 is 7.82 Å². The van der Waals surface area contributed by atoms with Gasteiger partial charge in [-0.2, -0.15) is 0 Å². The molecule has 0 radical (unpaired) electrons. The topological polar surface area (TPSA) is 77.1 Å². The van der Waals surface area contributed by atoms with Gasteiger partial charge in [0.25, 0.3) is 7.82 Å². The Morgan fingerprint density at radius 3 is 1.15 bits per heavy atom. The van der Waals surface area contributed by atoms with Gasteiger partial charge in [0, 0.05) is 13.2 Å². The van der Waals surface area contributed by atoms with E-state index < -0.39 is 20.0 Å². The van der Waals surface area contributed by atoms with Crippen molar-refractivity contribution in [2.24, 2.45) is 0 Å². The zero-order valence-electron chi connectivity index (χ0n) is 36.7. The van der Waals surface area contributed by atoms with Crippen LogP contribution in [0.25, 0.3) is 0 Å². The minimum absolute atomic E-state index is 0.0737. The van der Waals surface area contributed by atoms with Gasteiger partial charge in [0.05, 0.1) is 34.4 Å². The summed E-state index contributed by atoms with van der Waals surface area (Å²) in [4.78, 5) is 12.6. The summed E-state index contributed by atoms with van der Waals surface area (Å²) < 4.78 is 35.9. The van der Waals surface area contributed by atoms with Crippen molar-refractivity contribution < 1.29 is 32.5 Å². The Morgan fingerprint density at radius 2 is 0.811 bits per heavy atom. The van der Waals surface area contributed by atoms with Gasteiger partial charge in [-0.3, -0.25) is 4.57 Å². The van der Waals surface area contributed by atoms with E-state index in [1.807, 2.05) is 21.1 Å². The van der Waals surface area contributed by atoms with Gasteiger partial charge in [0.1, 0.15) is 18.8 Å². The summed E-state index contributed by atoms with van der Waals surface area (Å²) in [6, 6.07) is 0. The fourth-order valence-electron chi connectivity index (χ4n) is 7.24. The van der Waals surface area contributed by atoms with Crippen LogP contribution in [0.2, 0.25) is 0 Å². The number of likely N-dealkylation sites (N-methyl/N-ethyl adjacent to an activating group) is 1. The molecule has 0 aromatic rings. The predicted octanol–water partition coefficient (Wildman–Crippen LogP) is 13.5.